The third-order valence-corrected chi connectivity index (χ3v) is 8.56. The average Bonchev–Trinajstić information content (AvgIpc) is 3.52. The number of hydrogen-bond acceptors (Lipinski definition) is 10. The van der Waals surface area contributed by atoms with Crippen molar-refractivity contribution in [1.29, 1.82) is 0 Å². The second-order valence-corrected chi connectivity index (χ2v) is 11.4. The van der Waals surface area contributed by atoms with Crippen molar-refractivity contribution >= 4 is 41.4 Å². The van der Waals surface area contributed by atoms with E-state index in [1.807, 2.05) is 6.92 Å². The lowest BCUT2D eigenvalue weighted by Gasteiger charge is -2.47. The van der Waals surface area contributed by atoms with E-state index in [9.17, 15) is 24.3 Å². The van der Waals surface area contributed by atoms with Crippen LogP contribution in [0.25, 0.3) is 0 Å². The summed E-state index contributed by atoms with van der Waals surface area (Å²) in [6, 6.07) is -1.19. The molecule has 0 radical (unpaired) electrons. The molecule has 1 aromatic heterocycles. The zero-order chi connectivity index (χ0) is 27.2. The molecule has 14 nitrogen and oxygen atoms in total. The predicted molar refractivity (Wildman–Crippen MR) is 134 cm³/mol. The number of carbonyl (C=O) groups is 4. The Bertz CT molecular complexity index is 1140. The van der Waals surface area contributed by atoms with Crippen molar-refractivity contribution in [2.45, 2.75) is 50.2 Å². The molecular formula is C22H33N9O5S. The van der Waals surface area contributed by atoms with E-state index >= 15 is 0 Å². The molecule has 2 saturated heterocycles. The van der Waals surface area contributed by atoms with E-state index < -0.39 is 17.9 Å². The Morgan fingerprint density at radius 3 is 2.59 bits per heavy atom. The van der Waals surface area contributed by atoms with Crippen molar-refractivity contribution in [2.24, 2.45) is 11.8 Å². The summed E-state index contributed by atoms with van der Waals surface area (Å²) in [4.78, 5) is 55.6. The molecule has 37 heavy (non-hydrogen) atoms. The second-order valence-electron chi connectivity index (χ2n) is 10.1. The van der Waals surface area contributed by atoms with E-state index in [0.29, 0.717) is 23.8 Å². The number of thioether (sulfide) groups is 1. The Morgan fingerprint density at radius 1 is 1.27 bits per heavy atom. The second kappa shape index (κ2) is 10.3. The highest BCUT2D eigenvalue weighted by Crippen LogP contribution is 2.51. The maximum atomic E-state index is 13.1. The van der Waals surface area contributed by atoms with Gasteiger partial charge in [-0.05, 0) is 23.8 Å². The Kier molecular flexibility index (Phi) is 7.46. The first-order valence-corrected chi connectivity index (χ1v) is 12.9. The predicted octanol–water partition coefficient (Wildman–Crippen LogP) is -1.43. The quantitative estimate of drug-likeness (QED) is 0.317. The monoisotopic (exact) mass is 535 g/mol. The number of aromatic nitrogens is 4. The summed E-state index contributed by atoms with van der Waals surface area (Å²) in [5, 5.41) is 27.4. The fourth-order valence-electron chi connectivity index (χ4n) is 5.32. The van der Waals surface area contributed by atoms with Crippen LogP contribution in [-0.2, 0) is 25.7 Å². The molecular weight excluding hydrogens is 502 g/mol. The van der Waals surface area contributed by atoms with Crippen LogP contribution in [0.1, 0.15) is 20.3 Å². The van der Waals surface area contributed by atoms with E-state index in [4.69, 9.17) is 0 Å². The largest absolute Gasteiger partial charge is 0.477 e. The van der Waals surface area contributed by atoms with E-state index in [-0.39, 0.29) is 53.2 Å². The van der Waals surface area contributed by atoms with Crippen molar-refractivity contribution in [3.05, 3.63) is 10.6 Å². The summed E-state index contributed by atoms with van der Waals surface area (Å²) in [6.45, 7) is 4.12. The van der Waals surface area contributed by atoms with Crippen LogP contribution in [0.4, 0.5) is 5.95 Å². The number of likely N-dealkylation sites (N-methyl/N-ethyl adjacent to an activating group) is 1. The van der Waals surface area contributed by atoms with Gasteiger partial charge in [0.25, 0.3) is 0 Å². The van der Waals surface area contributed by atoms with E-state index in [1.54, 1.807) is 40.0 Å². The van der Waals surface area contributed by atoms with Gasteiger partial charge in [-0.15, -0.1) is 11.8 Å². The van der Waals surface area contributed by atoms with Gasteiger partial charge in [0, 0.05) is 56.9 Å². The first-order chi connectivity index (χ1) is 17.4. The minimum atomic E-state index is -1.15. The highest BCUT2D eigenvalue weighted by molar-refractivity contribution is 8.03. The lowest BCUT2D eigenvalue weighted by atomic mass is 9.78. The standard InChI is InChI=1S/C22H33N9O5S/c1-10-16-15(11(2)24-14(32)9-30-22(29(5)6)25-26-27-30)20(34)31(16)17(21(35)36)18(10)37-12-7-13(23-8-12)19(33)28(3)4/h10-13,15-16,23H,7-9H2,1-6H3,(H,24,32)(H,35,36)/t10-,11-,12+,13?,15-,16+/m1/s1. The number of carbonyl (C=O) groups excluding carboxylic acids is 3. The molecule has 6 atom stereocenters. The zero-order valence-corrected chi connectivity index (χ0v) is 22.5. The Hall–Kier alpha value is -3.20. The van der Waals surface area contributed by atoms with Crippen molar-refractivity contribution in [3.63, 3.8) is 0 Å². The molecule has 1 aromatic rings. The molecule has 4 rings (SSSR count). The number of aliphatic carboxylic acids is 1. The molecule has 0 bridgehead atoms. The van der Waals surface area contributed by atoms with Gasteiger partial charge in [-0.25, -0.2) is 9.48 Å². The number of tetrazole rings is 1. The number of amides is 3. The summed E-state index contributed by atoms with van der Waals surface area (Å²) in [5.41, 5.74) is 0.00831. The number of nitrogens with zero attached hydrogens (tertiary/aromatic N) is 7. The van der Waals surface area contributed by atoms with Crippen LogP contribution in [0.2, 0.25) is 0 Å². The molecule has 3 amide bonds. The number of anilines is 1. The Balaban J connectivity index is 1.43. The fraction of sp³-hybridized carbons (Fsp3) is 0.682. The number of β-lactam (4-membered cyclic amide) rings is 1. The van der Waals surface area contributed by atoms with Crippen LogP contribution in [0.15, 0.2) is 10.6 Å². The number of carboxylic acid groups (broad SMARTS) is 1. The van der Waals surface area contributed by atoms with Crippen molar-refractivity contribution in [1.82, 2.24) is 40.6 Å². The van der Waals surface area contributed by atoms with Gasteiger partial charge in [0.05, 0.1) is 18.0 Å². The minimum absolute atomic E-state index is 0.00672. The van der Waals surface area contributed by atoms with Gasteiger partial charge >= 0.3 is 5.97 Å². The first-order valence-electron chi connectivity index (χ1n) is 12.1. The third-order valence-electron chi connectivity index (χ3n) is 7.05. The van der Waals surface area contributed by atoms with Crippen LogP contribution < -0.4 is 15.5 Å². The Labute approximate surface area is 218 Å². The smallest absolute Gasteiger partial charge is 0.353 e. The molecule has 3 N–H and O–H groups in total. The fourth-order valence-corrected chi connectivity index (χ4v) is 6.80. The summed E-state index contributed by atoms with van der Waals surface area (Å²) < 4.78 is 1.36. The number of carboxylic acids is 1. The maximum absolute atomic E-state index is 13.1. The molecule has 0 spiro atoms. The number of fused-ring (bicyclic) bond motifs is 1. The van der Waals surface area contributed by atoms with Crippen LogP contribution >= 0.6 is 11.8 Å². The van der Waals surface area contributed by atoms with Crippen molar-refractivity contribution in [3.8, 4) is 0 Å². The molecule has 0 aliphatic carbocycles. The molecule has 1 unspecified atom stereocenters. The number of hydrogen-bond donors (Lipinski definition) is 3. The number of rotatable bonds is 9. The molecule has 3 aliphatic heterocycles. The molecule has 4 heterocycles. The van der Waals surface area contributed by atoms with E-state index in [2.05, 4.69) is 26.2 Å². The summed E-state index contributed by atoms with van der Waals surface area (Å²) in [6.07, 6.45) is 0.575. The SMILES string of the molecule is C[C@@H](NC(=O)Cn1nnnc1N(C)C)[C@H]1C(=O)N2C(C(=O)O)=C(S[C@@H]3CNC(C(=O)N(C)C)C3)[C@H](C)[C@@H]12. The third kappa shape index (κ3) is 4.89. The Morgan fingerprint density at radius 2 is 1.97 bits per heavy atom. The summed E-state index contributed by atoms with van der Waals surface area (Å²) in [7, 11) is 6.93. The number of nitrogens with one attached hydrogen (secondary N) is 2. The maximum Gasteiger partial charge on any atom is 0.353 e. The van der Waals surface area contributed by atoms with Gasteiger partial charge in [0.1, 0.15) is 12.2 Å². The van der Waals surface area contributed by atoms with Gasteiger partial charge in [-0.2, -0.15) is 0 Å². The highest BCUT2D eigenvalue weighted by atomic mass is 32.2. The van der Waals surface area contributed by atoms with Gasteiger partial charge < -0.3 is 30.4 Å². The normalized spacial score (nSPS) is 27.6. The summed E-state index contributed by atoms with van der Waals surface area (Å²) in [5.74, 6) is -2.19. The van der Waals surface area contributed by atoms with Crippen LogP contribution in [0, 0.1) is 11.8 Å². The van der Waals surface area contributed by atoms with Crippen molar-refractivity contribution < 1.29 is 24.3 Å². The lowest BCUT2D eigenvalue weighted by molar-refractivity contribution is -0.158. The van der Waals surface area contributed by atoms with E-state index in [0.717, 1.165) is 0 Å². The minimum Gasteiger partial charge on any atom is -0.477 e. The topological polar surface area (TPSA) is 166 Å². The van der Waals surface area contributed by atoms with Gasteiger partial charge in [0.15, 0.2) is 0 Å². The zero-order valence-electron chi connectivity index (χ0n) is 21.7. The van der Waals surface area contributed by atoms with Gasteiger partial charge in [-0.3, -0.25) is 14.4 Å². The van der Waals surface area contributed by atoms with Crippen LogP contribution in [-0.4, -0.2) is 117 Å². The van der Waals surface area contributed by atoms with E-state index in [1.165, 1.54) is 26.2 Å². The highest BCUT2D eigenvalue weighted by Gasteiger charge is 2.60. The molecule has 0 aromatic carbocycles. The summed E-state index contributed by atoms with van der Waals surface area (Å²) >= 11 is 1.43. The molecule has 15 heteroatoms. The van der Waals surface area contributed by atoms with Crippen LogP contribution in [0.3, 0.4) is 0 Å². The average molecular weight is 536 g/mol. The van der Waals surface area contributed by atoms with Gasteiger partial charge in [0.2, 0.25) is 23.7 Å². The molecule has 202 valence electrons. The van der Waals surface area contributed by atoms with Crippen LogP contribution in [0.5, 0.6) is 0 Å². The first kappa shape index (κ1) is 26.9. The van der Waals surface area contributed by atoms with Crippen molar-refractivity contribution in [2.75, 3.05) is 39.6 Å². The lowest BCUT2D eigenvalue weighted by Crippen LogP contribution is -2.66. The van der Waals surface area contributed by atoms with Gasteiger partial charge in [-0.1, -0.05) is 12.0 Å². The molecule has 3 aliphatic rings. The molecule has 2 fully saturated rings. The molecule has 0 saturated carbocycles.